The number of piperidine rings is 1. The number of benzene rings is 2. The van der Waals surface area contributed by atoms with Crippen LogP contribution in [0.5, 0.6) is 0 Å². The molecule has 6 heteroatoms. The molecule has 0 aromatic heterocycles. The Hall–Kier alpha value is -2.44. The van der Waals surface area contributed by atoms with Crippen LogP contribution in [0.4, 0.5) is 14.9 Å². The van der Waals surface area contributed by atoms with Crippen molar-refractivity contribution in [3.8, 4) is 0 Å². The first-order chi connectivity index (χ1) is 14.1. The van der Waals surface area contributed by atoms with Crippen molar-refractivity contribution < 1.29 is 14.3 Å². The first kappa shape index (κ1) is 21.3. The third-order valence-electron chi connectivity index (χ3n) is 5.31. The molecule has 1 heterocycles. The average molecular weight is 400 g/mol. The number of anilines is 1. The highest BCUT2D eigenvalue weighted by Crippen LogP contribution is 2.17. The van der Waals surface area contributed by atoms with E-state index in [4.69, 9.17) is 0 Å². The lowest BCUT2D eigenvalue weighted by Gasteiger charge is -2.34. The van der Waals surface area contributed by atoms with E-state index in [0.29, 0.717) is 24.7 Å². The van der Waals surface area contributed by atoms with E-state index in [0.717, 1.165) is 38.8 Å². The van der Waals surface area contributed by atoms with Crippen molar-refractivity contribution in [3.63, 3.8) is 0 Å². The second-order valence-corrected chi connectivity index (χ2v) is 7.79. The summed E-state index contributed by atoms with van der Waals surface area (Å²) in [6, 6.07) is 15.7. The zero-order valence-corrected chi connectivity index (χ0v) is 16.7. The quantitative estimate of drug-likeness (QED) is 0.635. The van der Waals surface area contributed by atoms with E-state index in [1.54, 1.807) is 12.1 Å². The summed E-state index contributed by atoms with van der Waals surface area (Å²) in [6.07, 6.45) is 3.39. The van der Waals surface area contributed by atoms with Gasteiger partial charge in [0.15, 0.2) is 0 Å². The molecule has 0 spiro atoms. The fraction of sp³-hybridized carbons (Fsp3) is 0.435. The van der Waals surface area contributed by atoms with Crippen LogP contribution < -0.4 is 10.6 Å². The van der Waals surface area contributed by atoms with Gasteiger partial charge in [-0.25, -0.2) is 9.18 Å². The second kappa shape index (κ2) is 10.9. The minimum Gasteiger partial charge on any atom is -0.392 e. The van der Waals surface area contributed by atoms with Crippen LogP contribution in [0.25, 0.3) is 0 Å². The van der Waals surface area contributed by atoms with Crippen LogP contribution in [-0.2, 0) is 6.42 Å². The summed E-state index contributed by atoms with van der Waals surface area (Å²) in [5.74, 6) is -0.0279. The van der Waals surface area contributed by atoms with E-state index in [1.807, 2.05) is 18.2 Å². The number of hydrogen-bond acceptors (Lipinski definition) is 3. The fourth-order valence-corrected chi connectivity index (χ4v) is 3.83. The monoisotopic (exact) mass is 399 g/mol. The Labute approximate surface area is 171 Å². The Morgan fingerprint density at radius 3 is 2.83 bits per heavy atom. The first-order valence-corrected chi connectivity index (χ1v) is 10.3. The maximum Gasteiger partial charge on any atom is 0.319 e. The Morgan fingerprint density at radius 2 is 2.03 bits per heavy atom. The number of aliphatic hydroxyl groups excluding tert-OH is 1. The van der Waals surface area contributed by atoms with Gasteiger partial charge in [0.1, 0.15) is 5.82 Å². The molecule has 1 saturated heterocycles. The molecule has 2 amide bonds. The van der Waals surface area contributed by atoms with Gasteiger partial charge in [-0.2, -0.15) is 0 Å². The number of likely N-dealkylation sites (tertiary alicyclic amines) is 1. The number of aliphatic hydroxyl groups is 1. The minimum absolute atomic E-state index is 0.324. The van der Waals surface area contributed by atoms with Gasteiger partial charge in [0.05, 0.1) is 6.10 Å². The number of carbonyl (C=O) groups is 1. The molecule has 2 unspecified atom stereocenters. The standard InChI is InChI=1S/C23H30FN3O2/c24-20-9-4-10-21(14-20)26-23(29)25-15-19-8-5-13-27(16-19)17-22(28)12-11-18-6-2-1-3-7-18/h1-4,6-7,9-10,14,19,22,28H,5,8,11-13,15-17H2,(H2,25,26,29). The molecule has 1 fully saturated rings. The molecule has 0 aliphatic carbocycles. The van der Waals surface area contributed by atoms with Crippen molar-refractivity contribution in [2.45, 2.75) is 31.8 Å². The Bertz CT molecular complexity index is 772. The Kier molecular flexibility index (Phi) is 8.02. The van der Waals surface area contributed by atoms with Crippen LogP contribution in [0.2, 0.25) is 0 Å². The van der Waals surface area contributed by atoms with Crippen molar-refractivity contribution in [2.75, 3.05) is 31.5 Å². The zero-order valence-electron chi connectivity index (χ0n) is 16.7. The van der Waals surface area contributed by atoms with Crippen LogP contribution in [0.1, 0.15) is 24.8 Å². The SMILES string of the molecule is O=C(NCC1CCCN(CC(O)CCc2ccccc2)C1)Nc1cccc(F)c1. The summed E-state index contributed by atoms with van der Waals surface area (Å²) in [6.45, 7) is 3.08. The summed E-state index contributed by atoms with van der Waals surface area (Å²) in [5.41, 5.74) is 1.69. The number of nitrogens with one attached hydrogen (secondary N) is 2. The van der Waals surface area contributed by atoms with Crippen LogP contribution in [0, 0.1) is 11.7 Å². The van der Waals surface area contributed by atoms with Gasteiger partial charge >= 0.3 is 6.03 Å². The average Bonchev–Trinajstić information content (AvgIpc) is 2.72. The second-order valence-electron chi connectivity index (χ2n) is 7.79. The van der Waals surface area contributed by atoms with Crippen molar-refractivity contribution in [1.29, 1.82) is 0 Å². The largest absolute Gasteiger partial charge is 0.392 e. The normalized spacial score (nSPS) is 18.2. The molecule has 3 rings (SSSR count). The number of halogens is 1. The Balaban J connectivity index is 1.36. The number of amides is 2. The molecule has 0 radical (unpaired) electrons. The third-order valence-corrected chi connectivity index (χ3v) is 5.31. The topological polar surface area (TPSA) is 64.6 Å². The summed E-state index contributed by atoms with van der Waals surface area (Å²) in [7, 11) is 0. The predicted octanol–water partition coefficient (Wildman–Crippen LogP) is 3.65. The van der Waals surface area contributed by atoms with E-state index in [9.17, 15) is 14.3 Å². The summed E-state index contributed by atoms with van der Waals surface area (Å²) in [5, 5.41) is 15.9. The van der Waals surface area contributed by atoms with E-state index in [2.05, 4.69) is 27.7 Å². The van der Waals surface area contributed by atoms with E-state index in [1.165, 1.54) is 17.7 Å². The van der Waals surface area contributed by atoms with Crippen LogP contribution in [0.15, 0.2) is 54.6 Å². The van der Waals surface area contributed by atoms with Gasteiger partial charge in [-0.15, -0.1) is 0 Å². The molecule has 5 nitrogen and oxygen atoms in total. The maximum atomic E-state index is 13.2. The molecule has 0 saturated carbocycles. The maximum absolute atomic E-state index is 13.2. The lowest BCUT2D eigenvalue weighted by atomic mass is 9.97. The van der Waals surface area contributed by atoms with Gasteiger partial charge in [0.25, 0.3) is 0 Å². The molecule has 3 N–H and O–H groups in total. The van der Waals surface area contributed by atoms with E-state index >= 15 is 0 Å². The number of aryl methyl sites for hydroxylation is 1. The summed E-state index contributed by atoms with van der Waals surface area (Å²) < 4.78 is 13.2. The lowest BCUT2D eigenvalue weighted by molar-refractivity contribution is 0.0797. The van der Waals surface area contributed by atoms with Gasteiger partial charge < -0.3 is 20.6 Å². The number of β-amino-alcohol motifs (C(OH)–C–C–N with tert-alkyl or cyclic N) is 1. The molecule has 2 atom stereocenters. The lowest BCUT2D eigenvalue weighted by Crippen LogP contribution is -2.44. The van der Waals surface area contributed by atoms with Gasteiger partial charge in [-0.1, -0.05) is 36.4 Å². The highest BCUT2D eigenvalue weighted by molar-refractivity contribution is 5.89. The smallest absolute Gasteiger partial charge is 0.319 e. The van der Waals surface area contributed by atoms with Crippen LogP contribution in [-0.4, -0.2) is 48.3 Å². The molecule has 2 aromatic rings. The summed E-state index contributed by atoms with van der Waals surface area (Å²) >= 11 is 0. The van der Waals surface area contributed by atoms with Gasteiger partial charge in [-0.3, -0.25) is 0 Å². The highest BCUT2D eigenvalue weighted by Gasteiger charge is 2.22. The van der Waals surface area contributed by atoms with Gasteiger partial charge in [0, 0.05) is 25.3 Å². The zero-order chi connectivity index (χ0) is 20.5. The Morgan fingerprint density at radius 1 is 1.21 bits per heavy atom. The molecule has 0 bridgehead atoms. The van der Waals surface area contributed by atoms with E-state index < -0.39 is 0 Å². The molecule has 156 valence electrons. The summed E-state index contributed by atoms with van der Waals surface area (Å²) in [4.78, 5) is 14.3. The number of carbonyl (C=O) groups excluding carboxylic acids is 1. The van der Waals surface area contributed by atoms with Crippen molar-refractivity contribution in [1.82, 2.24) is 10.2 Å². The van der Waals surface area contributed by atoms with Gasteiger partial charge in [0.2, 0.25) is 0 Å². The van der Waals surface area contributed by atoms with E-state index in [-0.39, 0.29) is 18.0 Å². The number of urea groups is 1. The highest BCUT2D eigenvalue weighted by atomic mass is 19.1. The number of hydrogen-bond donors (Lipinski definition) is 3. The molecular formula is C23H30FN3O2. The third kappa shape index (κ3) is 7.48. The molecule has 29 heavy (non-hydrogen) atoms. The molecular weight excluding hydrogens is 369 g/mol. The van der Waals surface area contributed by atoms with Gasteiger partial charge in [-0.05, 0) is 61.9 Å². The van der Waals surface area contributed by atoms with Crippen LogP contribution in [0.3, 0.4) is 0 Å². The predicted molar refractivity (Wildman–Crippen MR) is 113 cm³/mol. The molecule has 1 aliphatic heterocycles. The van der Waals surface area contributed by atoms with Crippen molar-refractivity contribution in [2.24, 2.45) is 5.92 Å². The minimum atomic E-state index is -0.378. The number of nitrogens with zero attached hydrogens (tertiary/aromatic N) is 1. The first-order valence-electron chi connectivity index (χ1n) is 10.3. The van der Waals surface area contributed by atoms with Crippen LogP contribution >= 0.6 is 0 Å². The molecule has 2 aromatic carbocycles. The van der Waals surface area contributed by atoms with Crippen molar-refractivity contribution in [3.05, 3.63) is 66.0 Å². The number of rotatable bonds is 8. The fourth-order valence-electron chi connectivity index (χ4n) is 3.83. The molecule has 1 aliphatic rings. The van der Waals surface area contributed by atoms with Crippen molar-refractivity contribution >= 4 is 11.7 Å².